The molecule has 2 aromatic rings. The number of likely N-dealkylation sites (N-methyl/N-ethyl adjacent to an activating group) is 1. The fourth-order valence-corrected chi connectivity index (χ4v) is 4.94. The molecular weight excluding hydrogens is 469 g/mol. The fraction of sp³-hybridized carbons (Fsp3) is 0.423. The topological polar surface area (TPSA) is 88.6 Å². The zero-order valence-corrected chi connectivity index (χ0v) is 20.8. The molecule has 192 valence electrons. The van der Waals surface area contributed by atoms with Crippen LogP contribution in [-0.4, -0.2) is 86.7 Å². The molecule has 0 unspecified atom stereocenters. The first-order valence-electron chi connectivity index (χ1n) is 11.8. The van der Waals surface area contributed by atoms with E-state index < -0.39 is 23.9 Å². The lowest BCUT2D eigenvalue weighted by atomic mass is 9.78. The predicted molar refractivity (Wildman–Crippen MR) is 129 cm³/mol. The van der Waals surface area contributed by atoms with Crippen molar-refractivity contribution in [3.8, 4) is 11.5 Å². The van der Waals surface area contributed by atoms with Crippen molar-refractivity contribution in [2.75, 3.05) is 54.1 Å². The molecule has 9 nitrogen and oxygen atoms in total. The van der Waals surface area contributed by atoms with Crippen LogP contribution in [0, 0.1) is 5.82 Å². The van der Waals surface area contributed by atoms with Gasteiger partial charge in [-0.05, 0) is 30.7 Å². The van der Waals surface area contributed by atoms with E-state index in [1.54, 1.807) is 54.1 Å². The van der Waals surface area contributed by atoms with Crippen molar-refractivity contribution in [3.63, 3.8) is 0 Å². The first-order chi connectivity index (χ1) is 17.3. The predicted octanol–water partition coefficient (Wildman–Crippen LogP) is 3.05. The van der Waals surface area contributed by atoms with Gasteiger partial charge in [0.1, 0.15) is 5.82 Å². The van der Waals surface area contributed by atoms with Crippen molar-refractivity contribution in [1.82, 2.24) is 14.7 Å². The van der Waals surface area contributed by atoms with E-state index in [0.717, 1.165) is 0 Å². The average molecular weight is 500 g/mol. The van der Waals surface area contributed by atoms with E-state index >= 15 is 4.39 Å². The second-order valence-corrected chi connectivity index (χ2v) is 8.67. The molecule has 3 amide bonds. The third-order valence-electron chi connectivity index (χ3n) is 6.78. The van der Waals surface area contributed by atoms with Crippen LogP contribution in [0.3, 0.4) is 0 Å². The Labute approximate surface area is 209 Å². The fourth-order valence-electron chi connectivity index (χ4n) is 4.94. The highest BCUT2D eigenvalue weighted by molar-refractivity contribution is 6.02. The van der Waals surface area contributed by atoms with E-state index in [1.165, 1.54) is 25.2 Å². The monoisotopic (exact) mass is 499 g/mol. The van der Waals surface area contributed by atoms with Gasteiger partial charge in [0.15, 0.2) is 11.5 Å². The highest BCUT2D eigenvalue weighted by Gasteiger charge is 2.46. The Morgan fingerprint density at radius 1 is 0.972 bits per heavy atom. The van der Waals surface area contributed by atoms with Gasteiger partial charge >= 0.3 is 6.09 Å². The van der Waals surface area contributed by atoms with Crippen LogP contribution in [0.2, 0.25) is 0 Å². The molecule has 0 saturated carbocycles. The third-order valence-corrected chi connectivity index (χ3v) is 6.78. The molecular formula is C26H30FN3O6. The second kappa shape index (κ2) is 10.4. The zero-order chi connectivity index (χ0) is 26.0. The smallest absolute Gasteiger partial charge is 0.409 e. The molecule has 1 saturated heterocycles. The Morgan fingerprint density at radius 3 is 2.19 bits per heavy atom. The summed E-state index contributed by atoms with van der Waals surface area (Å²) < 4.78 is 31.0. The van der Waals surface area contributed by atoms with Gasteiger partial charge in [-0.15, -0.1) is 0 Å². The number of hydrogen-bond acceptors (Lipinski definition) is 6. The van der Waals surface area contributed by atoms with Gasteiger partial charge in [-0.25, -0.2) is 9.18 Å². The van der Waals surface area contributed by atoms with Gasteiger partial charge in [0.25, 0.3) is 5.91 Å². The van der Waals surface area contributed by atoms with E-state index in [1.807, 2.05) is 0 Å². The van der Waals surface area contributed by atoms with Gasteiger partial charge in [0.2, 0.25) is 5.91 Å². The minimum absolute atomic E-state index is 0.247. The molecule has 2 atom stereocenters. The summed E-state index contributed by atoms with van der Waals surface area (Å²) in [5, 5.41) is 0. The van der Waals surface area contributed by atoms with Gasteiger partial charge in [0, 0.05) is 44.4 Å². The van der Waals surface area contributed by atoms with E-state index in [9.17, 15) is 14.4 Å². The number of carbonyl (C=O) groups excluding carboxylic acids is 3. The number of halogens is 1. The summed E-state index contributed by atoms with van der Waals surface area (Å²) in [6, 6.07) is 8.47. The molecule has 0 aliphatic carbocycles. The van der Waals surface area contributed by atoms with Crippen molar-refractivity contribution < 1.29 is 33.0 Å². The van der Waals surface area contributed by atoms with E-state index in [-0.39, 0.29) is 24.0 Å². The van der Waals surface area contributed by atoms with Gasteiger partial charge < -0.3 is 28.9 Å². The lowest BCUT2D eigenvalue weighted by molar-refractivity contribution is -0.136. The maximum absolute atomic E-state index is 15.0. The molecule has 2 aliphatic rings. The molecule has 0 spiro atoms. The van der Waals surface area contributed by atoms with Crippen LogP contribution in [0.1, 0.15) is 40.4 Å². The molecule has 2 heterocycles. The number of hydrogen-bond donors (Lipinski definition) is 0. The molecule has 10 heteroatoms. The lowest BCUT2D eigenvalue weighted by Gasteiger charge is -2.43. The number of piperazine rings is 1. The number of benzene rings is 2. The Hall–Kier alpha value is -3.82. The number of amides is 3. The van der Waals surface area contributed by atoms with Crippen molar-refractivity contribution in [1.29, 1.82) is 0 Å². The highest BCUT2D eigenvalue weighted by atomic mass is 19.1. The van der Waals surface area contributed by atoms with Crippen LogP contribution in [-0.2, 0) is 9.53 Å². The zero-order valence-electron chi connectivity index (χ0n) is 20.8. The quantitative estimate of drug-likeness (QED) is 0.629. The molecule has 4 rings (SSSR count). The van der Waals surface area contributed by atoms with Crippen molar-refractivity contribution >= 4 is 17.9 Å². The summed E-state index contributed by atoms with van der Waals surface area (Å²) in [4.78, 5) is 44.2. The van der Waals surface area contributed by atoms with Gasteiger partial charge in [-0.2, -0.15) is 0 Å². The summed E-state index contributed by atoms with van der Waals surface area (Å²) in [5.74, 6) is -1.29. The minimum Gasteiger partial charge on any atom is -0.493 e. The molecule has 1 fully saturated rings. The van der Waals surface area contributed by atoms with Crippen molar-refractivity contribution in [3.05, 3.63) is 58.9 Å². The van der Waals surface area contributed by atoms with E-state index in [0.29, 0.717) is 48.8 Å². The number of fused-ring (bicyclic) bond motifs is 1. The SMILES string of the molecule is CCOC(=O)N1CCN(C(=O)[C@@H]2c3cc(OC)c(OC)cc3C(=O)N(C)[C@@H]2c2ccccc2F)CC1. The van der Waals surface area contributed by atoms with Crippen LogP contribution in [0.25, 0.3) is 0 Å². The van der Waals surface area contributed by atoms with Crippen LogP contribution < -0.4 is 9.47 Å². The van der Waals surface area contributed by atoms with Crippen molar-refractivity contribution in [2.45, 2.75) is 18.9 Å². The molecule has 0 radical (unpaired) electrons. The first-order valence-corrected chi connectivity index (χ1v) is 11.8. The van der Waals surface area contributed by atoms with Crippen LogP contribution in [0.15, 0.2) is 36.4 Å². The summed E-state index contributed by atoms with van der Waals surface area (Å²) in [6.07, 6.45) is -0.418. The first kappa shape index (κ1) is 25.3. The number of nitrogens with zero attached hydrogens (tertiary/aromatic N) is 3. The second-order valence-electron chi connectivity index (χ2n) is 8.67. The number of methoxy groups -OCH3 is 2. The van der Waals surface area contributed by atoms with E-state index in [2.05, 4.69) is 0 Å². The minimum atomic E-state index is -0.895. The van der Waals surface area contributed by atoms with Crippen LogP contribution in [0.4, 0.5) is 9.18 Å². The maximum Gasteiger partial charge on any atom is 0.409 e. The number of rotatable bonds is 5. The maximum atomic E-state index is 15.0. The Balaban J connectivity index is 1.77. The summed E-state index contributed by atoms with van der Waals surface area (Å²) in [7, 11) is 4.51. The number of ether oxygens (including phenoxy) is 3. The standard InChI is InChI=1S/C26H30FN3O6/c1-5-36-26(33)30-12-10-29(11-13-30)25(32)22-17-14-20(34-3)21(35-4)15-18(17)24(31)28(2)23(22)16-8-6-7-9-19(16)27/h6-9,14-15,22-23H,5,10-13H2,1-4H3/t22-,23-/m1/s1. The molecule has 36 heavy (non-hydrogen) atoms. The highest BCUT2D eigenvalue weighted by Crippen LogP contribution is 2.46. The molecule has 0 N–H and O–H groups in total. The Kier molecular flexibility index (Phi) is 7.32. The molecule has 2 aromatic carbocycles. The molecule has 2 aliphatic heterocycles. The molecule has 0 bridgehead atoms. The molecule has 0 aromatic heterocycles. The van der Waals surface area contributed by atoms with Gasteiger partial charge in [-0.3, -0.25) is 9.59 Å². The lowest BCUT2D eigenvalue weighted by Crippen LogP contribution is -2.54. The summed E-state index contributed by atoms with van der Waals surface area (Å²) >= 11 is 0. The van der Waals surface area contributed by atoms with Gasteiger partial charge in [-0.1, -0.05) is 18.2 Å². The summed E-state index contributed by atoms with van der Waals surface area (Å²) in [5.41, 5.74) is 0.991. The normalized spacial score (nSPS) is 19.6. The largest absolute Gasteiger partial charge is 0.493 e. The van der Waals surface area contributed by atoms with Crippen LogP contribution in [0.5, 0.6) is 11.5 Å². The summed E-state index contributed by atoms with van der Waals surface area (Å²) in [6.45, 7) is 3.22. The Morgan fingerprint density at radius 2 is 1.58 bits per heavy atom. The average Bonchev–Trinajstić information content (AvgIpc) is 2.90. The van der Waals surface area contributed by atoms with Crippen molar-refractivity contribution in [2.24, 2.45) is 0 Å². The third kappa shape index (κ3) is 4.43. The van der Waals surface area contributed by atoms with Crippen LogP contribution >= 0.6 is 0 Å². The van der Waals surface area contributed by atoms with E-state index in [4.69, 9.17) is 14.2 Å². The number of carbonyl (C=O) groups is 3. The Bertz CT molecular complexity index is 1160. The van der Waals surface area contributed by atoms with Gasteiger partial charge in [0.05, 0.1) is 32.8 Å².